The lowest BCUT2D eigenvalue weighted by atomic mass is 9.62. The summed E-state index contributed by atoms with van der Waals surface area (Å²) in [4.78, 5) is 0. The van der Waals surface area contributed by atoms with Crippen LogP contribution in [0.1, 0.15) is 78.7 Å². The van der Waals surface area contributed by atoms with E-state index < -0.39 is 18.1 Å². The van der Waals surface area contributed by atoms with Gasteiger partial charge >= 0.3 is 0 Å². The van der Waals surface area contributed by atoms with Crippen LogP contribution < -0.4 is 18.9 Å². The Morgan fingerprint density at radius 2 is 1.73 bits per heavy atom. The van der Waals surface area contributed by atoms with E-state index in [0.717, 1.165) is 59.3 Å². The van der Waals surface area contributed by atoms with Crippen LogP contribution in [0.15, 0.2) is 30.3 Å². The first-order chi connectivity index (χ1) is 23.7. The zero-order valence-electron chi connectivity index (χ0n) is 27.8. The number of phenolic OH excluding ortho intramolecular Hbond substituents is 3. The van der Waals surface area contributed by atoms with Gasteiger partial charge in [0.05, 0.1) is 27.4 Å². The molecule has 2 aliphatic heterocycles. The molecule has 7 rings (SSSR count). The molecular formula is C37H44O10S2. The number of aliphatic hydroxyl groups excluding tert-OH is 3. The van der Waals surface area contributed by atoms with Crippen molar-refractivity contribution >= 4 is 21.6 Å². The fourth-order valence-electron chi connectivity index (χ4n) is 8.70. The van der Waals surface area contributed by atoms with Gasteiger partial charge in [-0.25, -0.2) is 0 Å². The SMILES string of the molecule is COc1cc([C@@H]2Oc3cc(OCCO)c4c5c3[C@H]([C@H]2O)[C@@H]2CC[C@H](C[C@H](c3cc(O)ccc3-4)[C@@H]5CO)[C@@H](C)CCSS2)c(O)c(OC)c1O. The van der Waals surface area contributed by atoms with Crippen molar-refractivity contribution in [3.8, 4) is 51.4 Å². The first-order valence-electron chi connectivity index (χ1n) is 16.9. The molecule has 1 fully saturated rings. The van der Waals surface area contributed by atoms with Crippen molar-refractivity contribution < 1.29 is 49.6 Å². The monoisotopic (exact) mass is 712 g/mol. The Balaban J connectivity index is 1.54. The van der Waals surface area contributed by atoms with Crippen molar-refractivity contribution in [2.45, 2.75) is 67.8 Å². The Kier molecular flexibility index (Phi) is 9.70. The lowest BCUT2D eigenvalue weighted by molar-refractivity contribution is -0.00424. The minimum atomic E-state index is -1.15. The minimum Gasteiger partial charge on any atom is -0.508 e. The highest BCUT2D eigenvalue weighted by Crippen LogP contribution is 2.63. The zero-order chi connectivity index (χ0) is 34.6. The molecule has 2 heterocycles. The summed E-state index contributed by atoms with van der Waals surface area (Å²) in [6.45, 7) is 1.94. The molecule has 4 bridgehead atoms. The molecule has 2 aliphatic carbocycles. The molecular weight excluding hydrogens is 669 g/mol. The maximum absolute atomic E-state index is 12.6. The van der Waals surface area contributed by atoms with Gasteiger partial charge in [0.1, 0.15) is 30.0 Å². The highest BCUT2D eigenvalue weighted by Gasteiger charge is 2.50. The van der Waals surface area contributed by atoms with Gasteiger partial charge in [0.15, 0.2) is 17.6 Å². The predicted molar refractivity (Wildman–Crippen MR) is 189 cm³/mol. The molecule has 4 aliphatic rings. The number of hydrogen-bond acceptors (Lipinski definition) is 12. The second-order valence-corrected chi connectivity index (χ2v) is 16.3. The van der Waals surface area contributed by atoms with E-state index in [0.29, 0.717) is 23.3 Å². The Morgan fingerprint density at radius 1 is 0.918 bits per heavy atom. The van der Waals surface area contributed by atoms with Gasteiger partial charge < -0.3 is 49.6 Å². The molecule has 12 heteroatoms. The van der Waals surface area contributed by atoms with Crippen molar-refractivity contribution in [2.75, 3.05) is 39.8 Å². The van der Waals surface area contributed by atoms with E-state index in [-0.39, 0.29) is 71.2 Å². The van der Waals surface area contributed by atoms with Crippen molar-refractivity contribution in [3.05, 3.63) is 52.6 Å². The summed E-state index contributed by atoms with van der Waals surface area (Å²) in [5.74, 6) is 0.934. The summed E-state index contributed by atoms with van der Waals surface area (Å²) >= 11 is 0. The third kappa shape index (κ3) is 5.73. The third-order valence-electron chi connectivity index (χ3n) is 11.1. The fraction of sp³-hybridized carbons (Fsp3) is 0.514. The molecule has 0 spiro atoms. The second kappa shape index (κ2) is 13.9. The summed E-state index contributed by atoms with van der Waals surface area (Å²) in [5.41, 5.74) is 4.46. The molecule has 0 saturated carbocycles. The topological polar surface area (TPSA) is 158 Å². The molecule has 6 N–H and O–H groups in total. The number of rotatable bonds is 7. The first kappa shape index (κ1) is 34.3. The average molecular weight is 713 g/mol. The predicted octanol–water partition coefficient (Wildman–Crippen LogP) is 6.20. The summed E-state index contributed by atoms with van der Waals surface area (Å²) in [5, 5.41) is 66.6. The molecule has 3 aromatic carbocycles. The fourth-order valence-corrected chi connectivity index (χ4v) is 11.8. The molecule has 49 heavy (non-hydrogen) atoms. The molecule has 0 aromatic heterocycles. The van der Waals surface area contributed by atoms with Crippen LogP contribution >= 0.6 is 21.6 Å². The number of phenols is 3. The average Bonchev–Trinajstić information content (AvgIpc) is 3.18. The Bertz CT molecular complexity index is 1720. The Morgan fingerprint density at radius 3 is 2.47 bits per heavy atom. The van der Waals surface area contributed by atoms with Gasteiger partial charge in [-0.1, -0.05) is 34.6 Å². The summed E-state index contributed by atoms with van der Waals surface area (Å²) in [6.07, 6.45) is 1.39. The van der Waals surface area contributed by atoms with Crippen LogP contribution in [0, 0.1) is 11.8 Å². The van der Waals surface area contributed by atoms with Crippen LogP contribution in [0.5, 0.6) is 40.2 Å². The molecule has 0 amide bonds. The smallest absolute Gasteiger partial charge is 0.207 e. The minimum absolute atomic E-state index is 0.0171. The summed E-state index contributed by atoms with van der Waals surface area (Å²) in [6, 6.07) is 8.63. The summed E-state index contributed by atoms with van der Waals surface area (Å²) < 4.78 is 23.7. The molecule has 3 aromatic rings. The first-order valence-corrected chi connectivity index (χ1v) is 19.3. The summed E-state index contributed by atoms with van der Waals surface area (Å²) in [7, 11) is 6.32. The van der Waals surface area contributed by atoms with Gasteiger partial charge in [-0.2, -0.15) is 0 Å². The molecule has 1 saturated heterocycles. The van der Waals surface area contributed by atoms with E-state index in [2.05, 4.69) is 6.92 Å². The van der Waals surface area contributed by atoms with Crippen LogP contribution in [0.4, 0.5) is 0 Å². The molecule has 264 valence electrons. The van der Waals surface area contributed by atoms with Gasteiger partial charge in [0.2, 0.25) is 11.5 Å². The number of aliphatic hydroxyl groups is 3. The standard InChI is InChI=1S/C37H44O10S2/c1-17-8-11-48-49-28-7-4-18(17)12-21-22-13-19(40)5-6-20(22)29-25(46-10-9-38)15-26-31(30(29)24(21)16-39)32(28)35(43)36(47-26)23-14-27(44-2)34(42)37(45-3)33(23)41/h5-6,13-15,17-18,21,24,28,32,35-36,38-43H,4,7-12,16H2,1-3H3/t17-,18+,21+,24-,28-,32+,35+,36-/m0/s1. The van der Waals surface area contributed by atoms with Crippen molar-refractivity contribution in [3.63, 3.8) is 0 Å². The largest absolute Gasteiger partial charge is 0.508 e. The van der Waals surface area contributed by atoms with E-state index in [4.69, 9.17) is 18.9 Å². The number of methoxy groups -OCH3 is 2. The van der Waals surface area contributed by atoms with Gasteiger partial charge in [-0.05, 0) is 78.3 Å². The lowest BCUT2D eigenvalue weighted by Gasteiger charge is -2.47. The van der Waals surface area contributed by atoms with E-state index >= 15 is 0 Å². The van der Waals surface area contributed by atoms with Crippen LogP contribution in [-0.2, 0) is 0 Å². The number of aromatic hydroxyl groups is 3. The maximum Gasteiger partial charge on any atom is 0.207 e. The van der Waals surface area contributed by atoms with E-state index in [1.807, 2.05) is 22.9 Å². The van der Waals surface area contributed by atoms with Gasteiger partial charge in [0.25, 0.3) is 0 Å². The van der Waals surface area contributed by atoms with Crippen LogP contribution in [0.25, 0.3) is 11.1 Å². The third-order valence-corrected chi connectivity index (χ3v) is 14.1. The van der Waals surface area contributed by atoms with Crippen molar-refractivity contribution in [2.24, 2.45) is 11.8 Å². The zero-order valence-corrected chi connectivity index (χ0v) is 29.4. The van der Waals surface area contributed by atoms with Crippen LogP contribution in [0.3, 0.4) is 0 Å². The van der Waals surface area contributed by atoms with Crippen molar-refractivity contribution in [1.82, 2.24) is 0 Å². The lowest BCUT2D eigenvalue weighted by Crippen LogP contribution is -2.41. The Labute approximate surface area is 293 Å². The normalized spacial score (nSPS) is 28.7. The van der Waals surface area contributed by atoms with Crippen LogP contribution in [0.2, 0.25) is 0 Å². The molecule has 0 radical (unpaired) electrons. The van der Waals surface area contributed by atoms with E-state index in [9.17, 15) is 30.6 Å². The molecule has 8 atom stereocenters. The molecule has 10 nitrogen and oxygen atoms in total. The quantitative estimate of drug-likeness (QED) is 0.154. The number of benzene rings is 3. The van der Waals surface area contributed by atoms with Gasteiger partial charge in [-0.3, -0.25) is 0 Å². The van der Waals surface area contributed by atoms with Crippen LogP contribution in [-0.4, -0.2) is 81.8 Å². The molecule has 0 unspecified atom stereocenters. The highest BCUT2D eigenvalue weighted by molar-refractivity contribution is 8.76. The van der Waals surface area contributed by atoms with Gasteiger partial charge in [0, 0.05) is 45.6 Å². The van der Waals surface area contributed by atoms with E-state index in [1.54, 1.807) is 22.9 Å². The Hall–Kier alpha value is -3.16. The highest BCUT2D eigenvalue weighted by atomic mass is 33.1. The van der Waals surface area contributed by atoms with Crippen molar-refractivity contribution in [1.29, 1.82) is 0 Å². The van der Waals surface area contributed by atoms with E-state index in [1.165, 1.54) is 20.3 Å². The maximum atomic E-state index is 12.6. The second-order valence-electron chi connectivity index (χ2n) is 13.6. The number of hydrogen-bond donors (Lipinski definition) is 6. The van der Waals surface area contributed by atoms with Gasteiger partial charge in [-0.15, -0.1) is 0 Å². The number of ether oxygens (including phenoxy) is 4. The number of fused-ring (bicyclic) bond motifs is 8.